The zero-order chi connectivity index (χ0) is 35.6. The van der Waals surface area contributed by atoms with Gasteiger partial charge in [-0.05, 0) is 111 Å². The molecule has 0 spiro atoms. The third-order valence-electron chi connectivity index (χ3n) is 11.3. The Morgan fingerprint density at radius 3 is 1.50 bits per heavy atom. The highest BCUT2D eigenvalue weighted by Crippen LogP contribution is 2.47. The van der Waals surface area contributed by atoms with Crippen molar-refractivity contribution >= 4 is 64.8 Å². The van der Waals surface area contributed by atoms with Crippen LogP contribution in [0, 0.1) is 0 Å². The van der Waals surface area contributed by atoms with E-state index in [4.69, 9.17) is 4.98 Å². The van der Waals surface area contributed by atoms with Gasteiger partial charge < -0.3 is 0 Å². The van der Waals surface area contributed by atoms with E-state index in [1.54, 1.807) is 0 Å². The number of hydrogen-bond donors (Lipinski definition) is 0. The summed E-state index contributed by atoms with van der Waals surface area (Å²) < 4.78 is 0. The Bertz CT molecular complexity index is 3270. The van der Waals surface area contributed by atoms with Gasteiger partial charge in [0, 0.05) is 17.0 Å². The molecule has 250 valence electrons. The predicted octanol–water partition coefficient (Wildman–Crippen LogP) is 14.7. The summed E-state index contributed by atoms with van der Waals surface area (Å²) in [5.41, 5.74) is 10.8. The van der Waals surface area contributed by atoms with Gasteiger partial charge in [0.1, 0.15) is 0 Å². The summed E-state index contributed by atoms with van der Waals surface area (Å²) in [6, 6.07) is 71.2. The first kappa shape index (κ1) is 30.5. The molecule has 1 heteroatoms. The second-order valence-corrected chi connectivity index (χ2v) is 14.2. The molecule has 11 rings (SSSR count). The lowest BCUT2D eigenvalue weighted by Crippen LogP contribution is -1.93. The summed E-state index contributed by atoms with van der Waals surface area (Å²) in [5, 5.41) is 13.6. The molecule has 0 N–H and O–H groups in total. The van der Waals surface area contributed by atoms with Crippen molar-refractivity contribution in [1.29, 1.82) is 0 Å². The van der Waals surface area contributed by atoms with E-state index in [0.717, 1.165) is 10.9 Å². The van der Waals surface area contributed by atoms with Crippen molar-refractivity contribution in [2.45, 2.75) is 0 Å². The lowest BCUT2D eigenvalue weighted by molar-refractivity contribution is 1.43. The first-order valence-corrected chi connectivity index (χ1v) is 18.6. The second kappa shape index (κ2) is 12.3. The number of fused-ring (bicyclic) bond motifs is 7. The fourth-order valence-corrected chi connectivity index (χ4v) is 8.85. The summed E-state index contributed by atoms with van der Waals surface area (Å²) in [7, 11) is 0. The fraction of sp³-hybridized carbons (Fsp3) is 0. The minimum Gasteiger partial charge on any atom is -0.256 e. The average molecular weight is 684 g/mol. The number of pyridine rings is 1. The van der Waals surface area contributed by atoms with Gasteiger partial charge in [-0.15, -0.1) is 0 Å². The molecule has 0 fully saturated rings. The lowest BCUT2D eigenvalue weighted by atomic mass is 9.82. The van der Waals surface area contributed by atoms with Gasteiger partial charge >= 0.3 is 0 Å². The van der Waals surface area contributed by atoms with Gasteiger partial charge in [-0.1, -0.05) is 176 Å². The minimum atomic E-state index is 1.04. The monoisotopic (exact) mass is 683 g/mol. The largest absolute Gasteiger partial charge is 0.256 e. The molecule has 0 bridgehead atoms. The average Bonchev–Trinajstić information content (AvgIpc) is 3.25. The molecule has 0 atom stereocenters. The zero-order valence-corrected chi connectivity index (χ0v) is 29.5. The van der Waals surface area contributed by atoms with E-state index in [1.807, 2.05) is 12.3 Å². The molecule has 0 amide bonds. The Hall–Kier alpha value is -7.09. The van der Waals surface area contributed by atoms with Crippen molar-refractivity contribution in [2.75, 3.05) is 0 Å². The smallest absolute Gasteiger partial charge is 0.0786 e. The number of benzene rings is 10. The van der Waals surface area contributed by atoms with Crippen LogP contribution in [-0.2, 0) is 0 Å². The van der Waals surface area contributed by atoms with Crippen LogP contribution in [-0.4, -0.2) is 4.98 Å². The molecule has 10 aromatic carbocycles. The van der Waals surface area contributed by atoms with Crippen LogP contribution in [0.3, 0.4) is 0 Å². The van der Waals surface area contributed by atoms with Gasteiger partial charge in [0.25, 0.3) is 0 Å². The highest BCUT2D eigenvalue weighted by atomic mass is 14.6. The molecule has 1 nitrogen and oxygen atoms in total. The topological polar surface area (TPSA) is 12.9 Å². The zero-order valence-electron chi connectivity index (χ0n) is 29.5. The standard InChI is InChI=1S/C53H33N/c1-3-20-41-34(12-1)14-8-25-44(41)51-46-22-5-6-23-47(46)52(45-26-9-15-35-13-2-4-21-42(35)45)49-33-39(29-30-48(49)51)38-17-7-18-40(32-38)43-24-10-16-36-27-28-37-19-11-31-54-53(37)50(36)43/h1-33H. The van der Waals surface area contributed by atoms with Gasteiger partial charge in [-0.3, -0.25) is 4.98 Å². The molecule has 0 aliphatic heterocycles. The Labute approximate surface area is 313 Å². The molecule has 0 saturated carbocycles. The van der Waals surface area contributed by atoms with Crippen molar-refractivity contribution in [3.8, 4) is 44.5 Å². The van der Waals surface area contributed by atoms with Crippen LogP contribution < -0.4 is 0 Å². The van der Waals surface area contributed by atoms with Crippen LogP contribution in [0.2, 0.25) is 0 Å². The highest BCUT2D eigenvalue weighted by Gasteiger charge is 2.20. The van der Waals surface area contributed by atoms with Crippen molar-refractivity contribution in [3.63, 3.8) is 0 Å². The molecule has 0 aliphatic rings. The lowest BCUT2D eigenvalue weighted by Gasteiger charge is -2.20. The number of aromatic nitrogens is 1. The first-order chi connectivity index (χ1) is 26.8. The SMILES string of the molecule is c1cc(-c2ccc3c(-c4cccc5ccccc45)c4ccccc4c(-c4cccc5ccccc45)c3c2)cc(-c2cccc3ccc4cccnc4c23)c1. The maximum absolute atomic E-state index is 4.85. The summed E-state index contributed by atoms with van der Waals surface area (Å²) in [6.45, 7) is 0. The summed E-state index contributed by atoms with van der Waals surface area (Å²) in [4.78, 5) is 4.85. The molecule has 0 unspecified atom stereocenters. The maximum atomic E-state index is 4.85. The summed E-state index contributed by atoms with van der Waals surface area (Å²) in [5.74, 6) is 0. The molecule has 0 radical (unpaired) electrons. The van der Waals surface area contributed by atoms with E-state index < -0.39 is 0 Å². The van der Waals surface area contributed by atoms with Gasteiger partial charge in [0.2, 0.25) is 0 Å². The first-order valence-electron chi connectivity index (χ1n) is 18.6. The Morgan fingerprint density at radius 2 is 0.778 bits per heavy atom. The van der Waals surface area contributed by atoms with E-state index in [0.29, 0.717) is 0 Å². The highest BCUT2D eigenvalue weighted by molar-refractivity contribution is 6.25. The van der Waals surface area contributed by atoms with Crippen molar-refractivity contribution in [2.24, 2.45) is 0 Å². The van der Waals surface area contributed by atoms with Crippen LogP contribution in [0.1, 0.15) is 0 Å². The molecule has 0 saturated heterocycles. The van der Waals surface area contributed by atoms with E-state index >= 15 is 0 Å². The van der Waals surface area contributed by atoms with E-state index in [1.165, 1.54) is 98.4 Å². The van der Waals surface area contributed by atoms with E-state index in [-0.39, 0.29) is 0 Å². The fourth-order valence-electron chi connectivity index (χ4n) is 8.85. The van der Waals surface area contributed by atoms with E-state index in [9.17, 15) is 0 Å². The molecule has 1 aromatic heterocycles. The Morgan fingerprint density at radius 1 is 0.278 bits per heavy atom. The number of rotatable bonds is 4. The van der Waals surface area contributed by atoms with E-state index in [2.05, 4.69) is 188 Å². The van der Waals surface area contributed by atoms with Gasteiger partial charge in [0.15, 0.2) is 0 Å². The van der Waals surface area contributed by atoms with Gasteiger partial charge in [-0.2, -0.15) is 0 Å². The quantitative estimate of drug-likeness (QED) is 0.133. The minimum absolute atomic E-state index is 1.04. The Balaban J connectivity index is 1.21. The van der Waals surface area contributed by atoms with Crippen molar-refractivity contribution < 1.29 is 0 Å². The summed E-state index contributed by atoms with van der Waals surface area (Å²) >= 11 is 0. The molecular formula is C53H33N. The van der Waals surface area contributed by atoms with Crippen molar-refractivity contribution in [3.05, 3.63) is 200 Å². The number of nitrogens with zero attached hydrogens (tertiary/aromatic N) is 1. The third-order valence-corrected chi connectivity index (χ3v) is 11.3. The second-order valence-electron chi connectivity index (χ2n) is 14.2. The molecule has 54 heavy (non-hydrogen) atoms. The molecular weight excluding hydrogens is 651 g/mol. The molecule has 1 heterocycles. The van der Waals surface area contributed by atoms with Gasteiger partial charge in [-0.25, -0.2) is 0 Å². The Kier molecular flexibility index (Phi) is 6.93. The van der Waals surface area contributed by atoms with Crippen LogP contribution in [0.25, 0.3) is 109 Å². The van der Waals surface area contributed by atoms with Crippen LogP contribution in [0.4, 0.5) is 0 Å². The van der Waals surface area contributed by atoms with Crippen LogP contribution >= 0.6 is 0 Å². The van der Waals surface area contributed by atoms with Crippen LogP contribution in [0.5, 0.6) is 0 Å². The summed E-state index contributed by atoms with van der Waals surface area (Å²) in [6.07, 6.45) is 1.90. The molecule has 0 aliphatic carbocycles. The third kappa shape index (κ3) is 4.76. The molecule has 11 aromatic rings. The van der Waals surface area contributed by atoms with Gasteiger partial charge in [0.05, 0.1) is 5.52 Å². The predicted molar refractivity (Wildman–Crippen MR) is 231 cm³/mol. The van der Waals surface area contributed by atoms with Crippen molar-refractivity contribution in [1.82, 2.24) is 4.98 Å². The maximum Gasteiger partial charge on any atom is 0.0786 e. The number of hydrogen-bond acceptors (Lipinski definition) is 1. The van der Waals surface area contributed by atoms with Crippen LogP contribution in [0.15, 0.2) is 200 Å². The normalized spacial score (nSPS) is 11.7.